The van der Waals surface area contributed by atoms with Crippen LogP contribution in [0.5, 0.6) is 0 Å². The summed E-state index contributed by atoms with van der Waals surface area (Å²) >= 11 is 3.53. The lowest BCUT2D eigenvalue weighted by Gasteiger charge is -2.10. The number of nitrogens with one attached hydrogen (secondary N) is 1. The van der Waals surface area contributed by atoms with Crippen molar-refractivity contribution in [3.05, 3.63) is 28.5 Å². The highest BCUT2D eigenvalue weighted by molar-refractivity contribution is 9.10. The molecule has 0 unspecified atom stereocenters. The molecule has 102 valence electrons. The van der Waals surface area contributed by atoms with Crippen LogP contribution in [0.4, 0.5) is 0 Å². The smallest absolute Gasteiger partial charge is 0.111 e. The van der Waals surface area contributed by atoms with Crippen molar-refractivity contribution in [2.45, 2.75) is 45.2 Å². The summed E-state index contributed by atoms with van der Waals surface area (Å²) in [5.74, 6) is 1.23. The first-order chi connectivity index (χ1) is 9.15. The van der Waals surface area contributed by atoms with Gasteiger partial charge in [0.25, 0.3) is 0 Å². The standard InChI is InChI=1S/C15H20BrN3/c1-10(2)17-8-7-15-18-13-9-11(16)3-6-14(13)19(15)12-4-5-12/h3,6,9-10,12,17H,4-5,7-8H2,1-2H3. The number of benzene rings is 1. The zero-order chi connectivity index (χ0) is 13.4. The summed E-state index contributed by atoms with van der Waals surface area (Å²) in [4.78, 5) is 4.82. The van der Waals surface area contributed by atoms with Gasteiger partial charge in [-0.1, -0.05) is 29.8 Å². The van der Waals surface area contributed by atoms with Gasteiger partial charge in [0.2, 0.25) is 0 Å². The maximum absolute atomic E-state index is 4.82. The second-order valence-corrected chi connectivity index (χ2v) is 6.54. The fourth-order valence-corrected chi connectivity index (χ4v) is 2.86. The summed E-state index contributed by atoms with van der Waals surface area (Å²) in [6, 6.07) is 7.63. The number of imidazole rings is 1. The van der Waals surface area contributed by atoms with E-state index in [-0.39, 0.29) is 0 Å². The molecule has 0 bridgehead atoms. The van der Waals surface area contributed by atoms with Gasteiger partial charge in [-0.25, -0.2) is 4.98 Å². The normalized spacial score (nSPS) is 15.6. The third kappa shape index (κ3) is 2.84. The Balaban J connectivity index is 1.91. The average Bonchev–Trinajstić information content (AvgIpc) is 3.11. The van der Waals surface area contributed by atoms with Gasteiger partial charge in [0.15, 0.2) is 0 Å². The summed E-state index contributed by atoms with van der Waals surface area (Å²) < 4.78 is 3.55. The molecule has 0 atom stereocenters. The van der Waals surface area contributed by atoms with Crippen LogP contribution in [0.2, 0.25) is 0 Å². The molecule has 1 fully saturated rings. The van der Waals surface area contributed by atoms with Crippen molar-refractivity contribution in [1.82, 2.24) is 14.9 Å². The van der Waals surface area contributed by atoms with E-state index in [2.05, 4.69) is 57.9 Å². The molecule has 1 aliphatic carbocycles. The zero-order valence-corrected chi connectivity index (χ0v) is 13.1. The SMILES string of the molecule is CC(C)NCCc1nc2cc(Br)ccc2n1C1CC1. The van der Waals surface area contributed by atoms with E-state index in [1.54, 1.807) is 0 Å². The van der Waals surface area contributed by atoms with Crippen LogP contribution in [-0.4, -0.2) is 22.1 Å². The summed E-state index contributed by atoms with van der Waals surface area (Å²) in [5, 5.41) is 3.47. The van der Waals surface area contributed by atoms with Crippen LogP contribution in [0.1, 0.15) is 38.6 Å². The van der Waals surface area contributed by atoms with Crippen LogP contribution in [0.15, 0.2) is 22.7 Å². The molecule has 0 radical (unpaired) electrons. The van der Waals surface area contributed by atoms with Crippen molar-refractivity contribution in [3.63, 3.8) is 0 Å². The molecule has 2 aromatic rings. The van der Waals surface area contributed by atoms with Crippen LogP contribution in [-0.2, 0) is 6.42 Å². The molecule has 0 saturated heterocycles. The summed E-state index contributed by atoms with van der Waals surface area (Å²) in [6.07, 6.45) is 3.60. The monoisotopic (exact) mass is 321 g/mol. The molecule has 1 heterocycles. The predicted molar refractivity (Wildman–Crippen MR) is 82.5 cm³/mol. The van der Waals surface area contributed by atoms with Crippen LogP contribution < -0.4 is 5.32 Å². The van der Waals surface area contributed by atoms with Crippen molar-refractivity contribution in [2.75, 3.05) is 6.54 Å². The minimum Gasteiger partial charge on any atom is -0.325 e. The Labute approximate surface area is 122 Å². The lowest BCUT2D eigenvalue weighted by molar-refractivity contribution is 0.571. The third-order valence-corrected chi connectivity index (χ3v) is 4.03. The van der Waals surface area contributed by atoms with Crippen molar-refractivity contribution in [3.8, 4) is 0 Å². The number of nitrogens with zero attached hydrogens (tertiary/aromatic N) is 2. The summed E-state index contributed by atoms with van der Waals surface area (Å²) in [7, 11) is 0. The number of fused-ring (bicyclic) bond motifs is 1. The van der Waals surface area contributed by atoms with Crippen LogP contribution >= 0.6 is 15.9 Å². The third-order valence-electron chi connectivity index (χ3n) is 3.54. The van der Waals surface area contributed by atoms with Gasteiger partial charge < -0.3 is 9.88 Å². The molecular weight excluding hydrogens is 302 g/mol. The highest BCUT2D eigenvalue weighted by Crippen LogP contribution is 2.39. The molecule has 1 aromatic carbocycles. The molecular formula is C15H20BrN3. The second kappa shape index (κ2) is 5.25. The number of hydrogen-bond acceptors (Lipinski definition) is 2. The van der Waals surface area contributed by atoms with Gasteiger partial charge in [-0.15, -0.1) is 0 Å². The van der Waals surface area contributed by atoms with Crippen molar-refractivity contribution < 1.29 is 0 Å². The fraction of sp³-hybridized carbons (Fsp3) is 0.533. The molecule has 1 aromatic heterocycles. The lowest BCUT2D eigenvalue weighted by Crippen LogP contribution is -2.25. The Kier molecular flexibility index (Phi) is 3.63. The van der Waals surface area contributed by atoms with Crippen LogP contribution in [0.3, 0.4) is 0 Å². The Hall–Kier alpha value is -0.870. The van der Waals surface area contributed by atoms with E-state index in [9.17, 15) is 0 Å². The van der Waals surface area contributed by atoms with Crippen molar-refractivity contribution in [2.24, 2.45) is 0 Å². The number of rotatable bonds is 5. The van der Waals surface area contributed by atoms with Crippen molar-refractivity contribution in [1.29, 1.82) is 0 Å². The summed E-state index contributed by atoms with van der Waals surface area (Å²) in [6.45, 7) is 5.36. The molecule has 19 heavy (non-hydrogen) atoms. The van der Waals surface area contributed by atoms with Gasteiger partial charge in [-0.2, -0.15) is 0 Å². The lowest BCUT2D eigenvalue weighted by atomic mass is 10.3. The number of aromatic nitrogens is 2. The van der Waals surface area contributed by atoms with Gasteiger partial charge in [-0.3, -0.25) is 0 Å². The molecule has 4 heteroatoms. The Morgan fingerprint density at radius 1 is 1.42 bits per heavy atom. The second-order valence-electron chi connectivity index (χ2n) is 5.62. The molecule has 1 N–H and O–H groups in total. The Bertz CT molecular complexity index is 584. The minimum absolute atomic E-state index is 0.535. The molecule has 3 nitrogen and oxygen atoms in total. The maximum atomic E-state index is 4.82. The van der Waals surface area contributed by atoms with E-state index in [1.807, 2.05) is 0 Å². The zero-order valence-electron chi connectivity index (χ0n) is 11.5. The minimum atomic E-state index is 0.535. The van der Waals surface area contributed by atoms with Gasteiger partial charge in [0.1, 0.15) is 5.82 Å². The highest BCUT2D eigenvalue weighted by atomic mass is 79.9. The molecule has 0 aliphatic heterocycles. The van der Waals surface area contributed by atoms with E-state index < -0.39 is 0 Å². The van der Waals surface area contributed by atoms with Crippen LogP contribution in [0, 0.1) is 0 Å². The van der Waals surface area contributed by atoms with Crippen LogP contribution in [0.25, 0.3) is 11.0 Å². The average molecular weight is 322 g/mol. The molecule has 1 aliphatic rings. The molecule has 0 amide bonds. The van der Waals surface area contributed by atoms with Gasteiger partial charge in [0, 0.05) is 29.5 Å². The summed E-state index contributed by atoms with van der Waals surface area (Å²) in [5.41, 5.74) is 2.39. The largest absolute Gasteiger partial charge is 0.325 e. The maximum Gasteiger partial charge on any atom is 0.111 e. The number of halogens is 1. The number of hydrogen-bond donors (Lipinski definition) is 1. The van der Waals surface area contributed by atoms with E-state index in [4.69, 9.17) is 4.98 Å². The van der Waals surface area contributed by atoms with E-state index in [0.717, 1.165) is 23.0 Å². The van der Waals surface area contributed by atoms with Gasteiger partial charge in [-0.05, 0) is 31.0 Å². The predicted octanol–water partition coefficient (Wildman–Crippen LogP) is 3.67. The quantitative estimate of drug-likeness (QED) is 0.910. The first-order valence-electron chi connectivity index (χ1n) is 7.05. The molecule has 3 rings (SSSR count). The Morgan fingerprint density at radius 2 is 2.21 bits per heavy atom. The fourth-order valence-electron chi connectivity index (χ4n) is 2.51. The first-order valence-corrected chi connectivity index (χ1v) is 7.84. The van der Waals surface area contributed by atoms with E-state index in [1.165, 1.54) is 24.2 Å². The topological polar surface area (TPSA) is 29.9 Å². The molecule has 1 saturated carbocycles. The van der Waals surface area contributed by atoms with E-state index in [0.29, 0.717) is 12.1 Å². The Morgan fingerprint density at radius 3 is 2.89 bits per heavy atom. The highest BCUT2D eigenvalue weighted by Gasteiger charge is 2.27. The van der Waals surface area contributed by atoms with Gasteiger partial charge >= 0.3 is 0 Å². The van der Waals surface area contributed by atoms with Crippen molar-refractivity contribution >= 4 is 27.0 Å². The molecule has 0 spiro atoms. The van der Waals surface area contributed by atoms with Gasteiger partial charge in [0.05, 0.1) is 11.0 Å². The van der Waals surface area contributed by atoms with E-state index >= 15 is 0 Å². The first kappa shape index (κ1) is 13.1.